The van der Waals surface area contributed by atoms with Crippen LogP contribution in [0.5, 0.6) is 0 Å². The summed E-state index contributed by atoms with van der Waals surface area (Å²) in [6, 6.07) is 0. The van der Waals surface area contributed by atoms with Crippen molar-refractivity contribution >= 4 is 11.6 Å². The van der Waals surface area contributed by atoms with Crippen LogP contribution in [0.25, 0.3) is 0 Å². The number of carbonyl (C=O) groups is 2. The molecular formula is C27H36O2. The van der Waals surface area contributed by atoms with E-state index in [0.29, 0.717) is 29.3 Å². The summed E-state index contributed by atoms with van der Waals surface area (Å²) in [6.07, 6.45) is 17.2. The Labute approximate surface area is 175 Å². The van der Waals surface area contributed by atoms with Crippen molar-refractivity contribution in [3.63, 3.8) is 0 Å². The topological polar surface area (TPSA) is 34.1 Å². The van der Waals surface area contributed by atoms with Crippen molar-refractivity contribution in [1.82, 2.24) is 0 Å². The summed E-state index contributed by atoms with van der Waals surface area (Å²) in [7, 11) is 0. The monoisotopic (exact) mass is 392 g/mol. The SMILES string of the molecule is C[C@]12CCC(=O)C=C1CC[C@@H]1[C@@H]2CC[C@]2(C)C3C(=O)C=C4CCCCC4[C@@H]3C[C@@H]12. The fourth-order valence-corrected chi connectivity index (χ4v) is 9.59. The van der Waals surface area contributed by atoms with Crippen LogP contribution >= 0.6 is 0 Å². The number of hydrogen-bond donors (Lipinski definition) is 0. The Balaban J connectivity index is 1.36. The zero-order valence-electron chi connectivity index (χ0n) is 18.2. The van der Waals surface area contributed by atoms with Crippen molar-refractivity contribution in [1.29, 1.82) is 0 Å². The van der Waals surface area contributed by atoms with Crippen molar-refractivity contribution in [2.24, 2.45) is 46.3 Å². The van der Waals surface area contributed by atoms with E-state index < -0.39 is 0 Å². The van der Waals surface area contributed by atoms with Gasteiger partial charge in [-0.3, -0.25) is 9.59 Å². The maximum atomic E-state index is 13.4. The van der Waals surface area contributed by atoms with Crippen LogP contribution in [0.2, 0.25) is 0 Å². The molecule has 0 bridgehead atoms. The van der Waals surface area contributed by atoms with Crippen LogP contribution < -0.4 is 0 Å². The second-order valence-corrected chi connectivity index (χ2v) is 11.9. The lowest BCUT2D eigenvalue weighted by Gasteiger charge is -2.58. The number of allylic oxidation sites excluding steroid dienone is 3. The average molecular weight is 393 g/mol. The van der Waals surface area contributed by atoms with Crippen molar-refractivity contribution in [2.45, 2.75) is 84.5 Å². The molecule has 0 N–H and O–H groups in total. The first-order valence-corrected chi connectivity index (χ1v) is 12.4. The van der Waals surface area contributed by atoms with E-state index in [9.17, 15) is 9.59 Å². The molecule has 0 radical (unpaired) electrons. The minimum atomic E-state index is 0.213. The molecule has 0 spiro atoms. The number of carbonyl (C=O) groups excluding carboxylic acids is 2. The summed E-state index contributed by atoms with van der Waals surface area (Å²) in [6.45, 7) is 4.97. The quantitative estimate of drug-likeness (QED) is 0.502. The zero-order valence-corrected chi connectivity index (χ0v) is 18.2. The minimum absolute atomic E-state index is 0.213. The van der Waals surface area contributed by atoms with Gasteiger partial charge in [-0.25, -0.2) is 0 Å². The minimum Gasteiger partial charge on any atom is -0.295 e. The van der Waals surface area contributed by atoms with Gasteiger partial charge in [0.2, 0.25) is 0 Å². The van der Waals surface area contributed by atoms with Crippen LogP contribution in [0.3, 0.4) is 0 Å². The van der Waals surface area contributed by atoms with Gasteiger partial charge in [-0.1, -0.05) is 31.4 Å². The Morgan fingerprint density at radius 2 is 1.72 bits per heavy atom. The second kappa shape index (κ2) is 6.17. The summed E-state index contributed by atoms with van der Waals surface area (Å²) in [5.74, 6) is 4.65. The van der Waals surface area contributed by atoms with Crippen LogP contribution in [0.15, 0.2) is 23.3 Å². The third-order valence-corrected chi connectivity index (χ3v) is 10.9. The smallest absolute Gasteiger partial charge is 0.159 e. The van der Waals surface area contributed by atoms with E-state index >= 15 is 0 Å². The van der Waals surface area contributed by atoms with E-state index in [2.05, 4.69) is 19.9 Å². The molecule has 0 heterocycles. The van der Waals surface area contributed by atoms with Gasteiger partial charge < -0.3 is 0 Å². The van der Waals surface area contributed by atoms with Gasteiger partial charge in [0.1, 0.15) is 0 Å². The highest BCUT2D eigenvalue weighted by atomic mass is 16.1. The van der Waals surface area contributed by atoms with Crippen molar-refractivity contribution in [3.05, 3.63) is 23.3 Å². The summed E-state index contributed by atoms with van der Waals surface area (Å²) in [5.41, 5.74) is 3.42. The van der Waals surface area contributed by atoms with E-state index in [0.717, 1.165) is 31.1 Å². The number of ketones is 2. The van der Waals surface area contributed by atoms with E-state index in [-0.39, 0.29) is 16.7 Å². The molecule has 4 saturated carbocycles. The van der Waals surface area contributed by atoms with Crippen LogP contribution in [0, 0.1) is 46.3 Å². The van der Waals surface area contributed by atoms with Gasteiger partial charge in [0.15, 0.2) is 11.6 Å². The molecule has 6 rings (SSSR count). The van der Waals surface area contributed by atoms with Gasteiger partial charge in [-0.05, 0) is 110 Å². The van der Waals surface area contributed by atoms with Gasteiger partial charge in [0.25, 0.3) is 0 Å². The first kappa shape index (κ1) is 18.6. The first-order chi connectivity index (χ1) is 13.9. The molecular weight excluding hydrogens is 356 g/mol. The predicted molar refractivity (Wildman–Crippen MR) is 114 cm³/mol. The Kier molecular flexibility index (Phi) is 3.95. The molecule has 2 heteroatoms. The van der Waals surface area contributed by atoms with Crippen LogP contribution in [-0.2, 0) is 9.59 Å². The molecule has 2 unspecified atom stereocenters. The van der Waals surface area contributed by atoms with E-state index in [1.807, 2.05) is 6.08 Å². The Morgan fingerprint density at radius 3 is 2.59 bits per heavy atom. The van der Waals surface area contributed by atoms with Gasteiger partial charge in [0.05, 0.1) is 0 Å². The van der Waals surface area contributed by atoms with Crippen LogP contribution in [0.4, 0.5) is 0 Å². The lowest BCUT2D eigenvalue weighted by atomic mass is 9.46. The fourth-order valence-electron chi connectivity index (χ4n) is 9.59. The summed E-state index contributed by atoms with van der Waals surface area (Å²) in [5, 5.41) is 0. The normalized spacial score (nSPS) is 51.1. The van der Waals surface area contributed by atoms with E-state index in [4.69, 9.17) is 0 Å². The molecule has 2 nitrogen and oxygen atoms in total. The Hall–Kier alpha value is -1.18. The van der Waals surface area contributed by atoms with E-state index in [1.54, 1.807) is 0 Å². The molecule has 4 fully saturated rings. The molecule has 0 aromatic rings. The summed E-state index contributed by atoms with van der Waals surface area (Å²) < 4.78 is 0. The largest absolute Gasteiger partial charge is 0.295 e. The highest BCUT2D eigenvalue weighted by Gasteiger charge is 2.64. The number of fused-ring (bicyclic) bond motifs is 9. The Morgan fingerprint density at radius 1 is 0.862 bits per heavy atom. The second-order valence-electron chi connectivity index (χ2n) is 11.9. The average Bonchev–Trinajstić information content (AvgIpc) is 3.03. The van der Waals surface area contributed by atoms with Crippen molar-refractivity contribution in [3.8, 4) is 0 Å². The maximum Gasteiger partial charge on any atom is 0.159 e. The van der Waals surface area contributed by atoms with E-state index in [1.165, 1.54) is 62.5 Å². The molecule has 156 valence electrons. The third kappa shape index (κ3) is 2.41. The zero-order chi connectivity index (χ0) is 20.0. The molecule has 6 aliphatic carbocycles. The first-order valence-electron chi connectivity index (χ1n) is 12.4. The number of rotatable bonds is 0. The molecule has 0 saturated heterocycles. The molecule has 0 aromatic carbocycles. The maximum absolute atomic E-state index is 13.4. The van der Waals surface area contributed by atoms with Crippen LogP contribution in [-0.4, -0.2) is 11.6 Å². The number of hydrogen-bond acceptors (Lipinski definition) is 2. The molecule has 29 heavy (non-hydrogen) atoms. The lowest BCUT2D eigenvalue weighted by Crippen LogP contribution is -2.51. The molecule has 8 atom stereocenters. The highest BCUT2D eigenvalue weighted by molar-refractivity contribution is 5.95. The third-order valence-electron chi connectivity index (χ3n) is 10.9. The van der Waals surface area contributed by atoms with Gasteiger partial charge in [-0.2, -0.15) is 0 Å². The lowest BCUT2D eigenvalue weighted by molar-refractivity contribution is -0.129. The molecule has 0 aromatic heterocycles. The molecule has 0 aliphatic heterocycles. The van der Waals surface area contributed by atoms with Gasteiger partial charge in [-0.15, -0.1) is 0 Å². The van der Waals surface area contributed by atoms with Gasteiger partial charge in [0, 0.05) is 12.3 Å². The van der Waals surface area contributed by atoms with Crippen LogP contribution in [0.1, 0.15) is 84.5 Å². The predicted octanol–water partition coefficient (Wildman–Crippen LogP) is 6.06. The standard InChI is InChI=1S/C27H36O2/c1-26-11-9-18(28)14-17(26)7-8-20-22(26)10-12-27(2)23(20)15-21-19-6-4-3-5-16(19)13-24(29)25(21)27/h13-14,19-23,25H,3-12,15H2,1-2H3/t19?,20-,21+,22+,23+,25?,26+,27+/m1/s1. The highest BCUT2D eigenvalue weighted by Crippen LogP contribution is 2.70. The summed E-state index contributed by atoms with van der Waals surface area (Å²) in [4.78, 5) is 25.4. The summed E-state index contributed by atoms with van der Waals surface area (Å²) >= 11 is 0. The molecule has 6 aliphatic rings. The van der Waals surface area contributed by atoms with Crippen molar-refractivity contribution in [2.75, 3.05) is 0 Å². The van der Waals surface area contributed by atoms with Crippen molar-refractivity contribution < 1.29 is 9.59 Å². The van der Waals surface area contributed by atoms with Gasteiger partial charge >= 0.3 is 0 Å². The Bertz CT molecular complexity index is 833. The molecule has 0 amide bonds. The fraction of sp³-hybridized carbons (Fsp3) is 0.778.